The minimum atomic E-state index is -0.385. The van der Waals surface area contributed by atoms with Gasteiger partial charge in [-0.05, 0) is 36.4 Å². The summed E-state index contributed by atoms with van der Waals surface area (Å²) in [6, 6.07) is 13.3. The number of hydrogen-bond donors (Lipinski definition) is 1. The zero-order valence-electron chi connectivity index (χ0n) is 16.0. The van der Waals surface area contributed by atoms with Crippen molar-refractivity contribution in [3.63, 3.8) is 0 Å². The number of rotatable bonds is 5. The third-order valence-electron chi connectivity index (χ3n) is 4.62. The number of nitrogens with one attached hydrogen (secondary N) is 1. The molecule has 0 aliphatic carbocycles. The molecular weight excluding hydrogens is 455 g/mol. The number of carbonyl (C=O) groups excluding carboxylic acids is 1. The van der Waals surface area contributed by atoms with Gasteiger partial charge in [0.2, 0.25) is 5.91 Å². The Labute approximate surface area is 188 Å². The molecule has 0 bridgehead atoms. The van der Waals surface area contributed by atoms with Crippen LogP contribution in [0.25, 0.3) is 15.9 Å². The summed E-state index contributed by atoms with van der Waals surface area (Å²) >= 11 is 4.06. The van der Waals surface area contributed by atoms with Gasteiger partial charge in [0.05, 0.1) is 32.2 Å². The summed E-state index contributed by atoms with van der Waals surface area (Å²) in [5.74, 6) is 0.242. The van der Waals surface area contributed by atoms with Gasteiger partial charge in [0.25, 0.3) is 5.56 Å². The lowest BCUT2D eigenvalue weighted by Crippen LogP contribution is -2.24. The van der Waals surface area contributed by atoms with Gasteiger partial charge < -0.3 is 5.32 Å². The van der Waals surface area contributed by atoms with Crippen molar-refractivity contribution in [3.05, 3.63) is 70.4 Å². The molecule has 1 N–H and O–H groups in total. The summed E-state index contributed by atoms with van der Waals surface area (Å²) in [7, 11) is 0. The Bertz CT molecular complexity index is 1320. The number of amides is 1. The fourth-order valence-electron chi connectivity index (χ4n) is 3.22. The molecule has 4 aromatic rings. The first-order chi connectivity index (χ1) is 15.1. The summed E-state index contributed by atoms with van der Waals surface area (Å²) in [5, 5.41) is 3.76. The van der Waals surface area contributed by atoms with Crippen LogP contribution in [0.5, 0.6) is 0 Å². The second-order valence-corrected chi connectivity index (χ2v) is 9.79. The Balaban J connectivity index is 1.40. The topological polar surface area (TPSA) is 76.9 Å². The second-order valence-electron chi connectivity index (χ2n) is 6.71. The van der Waals surface area contributed by atoms with Crippen molar-refractivity contribution in [2.24, 2.45) is 0 Å². The number of fused-ring (bicyclic) bond motifs is 2. The van der Waals surface area contributed by atoms with Gasteiger partial charge in [0, 0.05) is 12.2 Å². The largest absolute Gasteiger partial charge is 0.301 e. The number of para-hydroxylation sites is 1. The SMILES string of the molecule is O=C(CSc1nc2c(c(=O)n1-c1ccc(F)cc1)SCC2)Nc1nc2ccccc2s1. The summed E-state index contributed by atoms with van der Waals surface area (Å²) in [6.45, 7) is 0. The molecule has 0 fully saturated rings. The molecule has 0 unspecified atom stereocenters. The average molecular weight is 471 g/mol. The van der Waals surface area contributed by atoms with Crippen molar-refractivity contribution in [1.29, 1.82) is 0 Å². The van der Waals surface area contributed by atoms with Crippen molar-refractivity contribution in [2.75, 3.05) is 16.8 Å². The average Bonchev–Trinajstić information content (AvgIpc) is 3.39. The Morgan fingerprint density at radius 3 is 2.77 bits per heavy atom. The molecule has 1 amide bonds. The number of hydrogen-bond acceptors (Lipinski definition) is 7. The Morgan fingerprint density at radius 1 is 1.16 bits per heavy atom. The summed E-state index contributed by atoms with van der Waals surface area (Å²) in [5.41, 5.74) is 1.91. The van der Waals surface area contributed by atoms with Crippen molar-refractivity contribution in [3.8, 4) is 5.69 Å². The minimum absolute atomic E-state index is 0.0650. The van der Waals surface area contributed by atoms with Crippen molar-refractivity contribution in [1.82, 2.24) is 14.5 Å². The zero-order chi connectivity index (χ0) is 21.4. The molecule has 0 radical (unpaired) electrons. The number of anilines is 1. The van der Waals surface area contributed by atoms with Crippen LogP contribution in [0.2, 0.25) is 0 Å². The van der Waals surface area contributed by atoms with Gasteiger partial charge in [-0.25, -0.2) is 14.4 Å². The monoisotopic (exact) mass is 470 g/mol. The first-order valence-corrected chi connectivity index (χ1v) is 12.2. The molecule has 0 atom stereocenters. The van der Waals surface area contributed by atoms with Gasteiger partial charge in [-0.3, -0.25) is 14.2 Å². The van der Waals surface area contributed by atoms with Crippen LogP contribution >= 0.6 is 34.9 Å². The van der Waals surface area contributed by atoms with Crippen molar-refractivity contribution < 1.29 is 9.18 Å². The van der Waals surface area contributed by atoms with E-state index >= 15 is 0 Å². The molecule has 10 heteroatoms. The molecule has 1 aliphatic heterocycles. The number of benzene rings is 2. The fraction of sp³-hybridized carbons (Fsp3) is 0.143. The smallest absolute Gasteiger partial charge is 0.272 e. The fourth-order valence-corrected chi connectivity index (χ4v) is 5.95. The molecule has 6 nitrogen and oxygen atoms in total. The Morgan fingerprint density at radius 2 is 1.97 bits per heavy atom. The highest BCUT2D eigenvalue weighted by Gasteiger charge is 2.23. The van der Waals surface area contributed by atoms with Crippen molar-refractivity contribution >= 4 is 56.1 Å². The zero-order valence-corrected chi connectivity index (χ0v) is 18.5. The molecule has 1 aliphatic rings. The van der Waals surface area contributed by atoms with E-state index in [1.165, 1.54) is 63.7 Å². The Kier molecular flexibility index (Phi) is 5.51. The predicted octanol–water partition coefficient (Wildman–Crippen LogP) is 4.36. The lowest BCUT2D eigenvalue weighted by Gasteiger charge is -2.13. The lowest BCUT2D eigenvalue weighted by molar-refractivity contribution is -0.113. The van der Waals surface area contributed by atoms with E-state index in [4.69, 9.17) is 0 Å². The molecule has 31 heavy (non-hydrogen) atoms. The summed E-state index contributed by atoms with van der Waals surface area (Å²) < 4.78 is 15.8. The number of aryl methyl sites for hydroxylation is 1. The molecule has 3 heterocycles. The molecule has 2 aromatic heterocycles. The van der Waals surface area contributed by atoms with Crippen LogP contribution < -0.4 is 10.9 Å². The summed E-state index contributed by atoms with van der Waals surface area (Å²) in [6.07, 6.45) is 0.713. The van der Waals surface area contributed by atoms with E-state index in [-0.39, 0.29) is 23.0 Å². The van der Waals surface area contributed by atoms with E-state index in [1.54, 1.807) is 0 Å². The number of carbonyl (C=O) groups is 1. The van der Waals surface area contributed by atoms with Crippen LogP contribution in [0, 0.1) is 5.82 Å². The quantitative estimate of drug-likeness (QED) is 0.345. The van der Waals surface area contributed by atoms with Crippen LogP contribution in [-0.2, 0) is 11.2 Å². The highest BCUT2D eigenvalue weighted by atomic mass is 32.2. The van der Waals surface area contributed by atoms with E-state index in [2.05, 4.69) is 15.3 Å². The number of halogens is 1. The van der Waals surface area contributed by atoms with Gasteiger partial charge in [-0.15, -0.1) is 11.8 Å². The number of aromatic nitrogens is 3. The van der Waals surface area contributed by atoms with Crippen LogP contribution in [0.1, 0.15) is 5.69 Å². The first-order valence-electron chi connectivity index (χ1n) is 9.41. The standard InChI is InChI=1S/C21H15FN4O2S3/c22-12-5-7-13(8-6-12)26-19(28)18-15(9-10-29-18)24-21(26)30-11-17(27)25-20-23-14-3-1-2-4-16(14)31-20/h1-8H,9-11H2,(H,23,25,27). The maximum Gasteiger partial charge on any atom is 0.272 e. The van der Waals surface area contributed by atoms with Crippen LogP contribution in [0.3, 0.4) is 0 Å². The van der Waals surface area contributed by atoms with E-state index in [1.807, 2.05) is 24.3 Å². The second kappa shape index (κ2) is 8.45. The van der Waals surface area contributed by atoms with Crippen LogP contribution in [-0.4, -0.2) is 31.9 Å². The van der Waals surface area contributed by atoms with Gasteiger partial charge >= 0.3 is 0 Å². The van der Waals surface area contributed by atoms with Gasteiger partial charge in [-0.1, -0.05) is 35.2 Å². The van der Waals surface area contributed by atoms with Crippen LogP contribution in [0.4, 0.5) is 9.52 Å². The van der Waals surface area contributed by atoms with Crippen LogP contribution in [0.15, 0.2) is 63.4 Å². The highest BCUT2D eigenvalue weighted by molar-refractivity contribution is 8.00. The maximum atomic E-state index is 13.4. The van der Waals surface area contributed by atoms with Gasteiger partial charge in [-0.2, -0.15) is 0 Å². The predicted molar refractivity (Wildman–Crippen MR) is 123 cm³/mol. The molecule has 5 rings (SSSR count). The number of nitrogens with zero attached hydrogens (tertiary/aromatic N) is 3. The summed E-state index contributed by atoms with van der Waals surface area (Å²) in [4.78, 5) is 35.3. The Hall–Kier alpha value is -2.69. The molecular formula is C21H15FN4O2S3. The van der Waals surface area contributed by atoms with E-state index in [0.29, 0.717) is 27.3 Å². The molecule has 0 saturated heterocycles. The molecule has 156 valence electrons. The van der Waals surface area contributed by atoms with E-state index in [9.17, 15) is 14.0 Å². The molecule has 0 spiro atoms. The third kappa shape index (κ3) is 4.10. The number of thioether (sulfide) groups is 2. The molecule has 0 saturated carbocycles. The van der Waals surface area contributed by atoms with E-state index < -0.39 is 0 Å². The normalized spacial score (nSPS) is 12.8. The number of thiazole rings is 1. The highest BCUT2D eigenvalue weighted by Crippen LogP contribution is 2.30. The maximum absolute atomic E-state index is 13.4. The van der Waals surface area contributed by atoms with Crippen molar-refractivity contribution in [2.45, 2.75) is 16.5 Å². The third-order valence-corrected chi connectivity index (χ3v) is 7.62. The minimum Gasteiger partial charge on any atom is -0.301 e. The molecule has 2 aromatic carbocycles. The lowest BCUT2D eigenvalue weighted by atomic mass is 10.3. The van der Waals surface area contributed by atoms with E-state index in [0.717, 1.165) is 21.7 Å². The van der Waals surface area contributed by atoms with Gasteiger partial charge in [0.15, 0.2) is 10.3 Å². The van der Waals surface area contributed by atoms with Gasteiger partial charge in [0.1, 0.15) is 5.82 Å². The first kappa shape index (κ1) is 20.2.